The second kappa shape index (κ2) is 9.74. The lowest BCUT2D eigenvalue weighted by molar-refractivity contribution is -0.142. The number of benzene rings is 2. The molecule has 0 saturated heterocycles. The van der Waals surface area contributed by atoms with Crippen molar-refractivity contribution in [2.24, 2.45) is 11.7 Å². The van der Waals surface area contributed by atoms with Gasteiger partial charge in [-0.25, -0.2) is 0 Å². The Labute approximate surface area is 148 Å². The molecule has 25 heavy (non-hydrogen) atoms. The smallest absolute Gasteiger partial charge is 0.306 e. The first-order valence-electron chi connectivity index (χ1n) is 8.65. The SMILES string of the molecule is N[C@@H](Cc1ccccc1)C(=O)CCC[C@@H](Cc1ccccc1)C(=O)O. The summed E-state index contributed by atoms with van der Waals surface area (Å²) in [6.45, 7) is 0. The van der Waals surface area contributed by atoms with E-state index in [0.717, 1.165) is 11.1 Å². The maximum atomic E-state index is 12.2. The second-order valence-corrected chi connectivity index (χ2v) is 6.38. The van der Waals surface area contributed by atoms with Gasteiger partial charge in [0.05, 0.1) is 12.0 Å². The summed E-state index contributed by atoms with van der Waals surface area (Å²) in [5, 5.41) is 9.39. The van der Waals surface area contributed by atoms with Gasteiger partial charge in [0.25, 0.3) is 0 Å². The Bertz CT molecular complexity index is 670. The summed E-state index contributed by atoms with van der Waals surface area (Å²) in [4.78, 5) is 23.6. The van der Waals surface area contributed by atoms with Crippen LogP contribution < -0.4 is 5.73 Å². The molecule has 4 nitrogen and oxygen atoms in total. The number of nitrogens with two attached hydrogens (primary N) is 1. The summed E-state index contributed by atoms with van der Waals surface area (Å²) in [5.41, 5.74) is 8.02. The largest absolute Gasteiger partial charge is 0.481 e. The number of carboxylic acids is 1. The zero-order chi connectivity index (χ0) is 18.1. The van der Waals surface area contributed by atoms with Crippen LogP contribution in [0, 0.1) is 5.92 Å². The van der Waals surface area contributed by atoms with Gasteiger partial charge in [-0.05, 0) is 36.8 Å². The van der Waals surface area contributed by atoms with E-state index in [4.69, 9.17) is 5.73 Å². The summed E-state index contributed by atoms with van der Waals surface area (Å²) in [6, 6.07) is 18.7. The van der Waals surface area contributed by atoms with Crippen molar-refractivity contribution in [3.05, 3.63) is 71.8 Å². The maximum Gasteiger partial charge on any atom is 0.306 e. The van der Waals surface area contributed by atoms with E-state index in [1.807, 2.05) is 60.7 Å². The minimum Gasteiger partial charge on any atom is -0.481 e. The maximum absolute atomic E-state index is 12.2. The van der Waals surface area contributed by atoms with Crippen molar-refractivity contribution in [1.29, 1.82) is 0 Å². The Morgan fingerprint density at radius 3 is 1.92 bits per heavy atom. The molecule has 2 aromatic carbocycles. The van der Waals surface area contributed by atoms with Crippen molar-refractivity contribution in [3.8, 4) is 0 Å². The Morgan fingerprint density at radius 1 is 0.880 bits per heavy atom. The van der Waals surface area contributed by atoms with Crippen LogP contribution in [0.15, 0.2) is 60.7 Å². The van der Waals surface area contributed by atoms with Crippen LogP contribution in [0.4, 0.5) is 0 Å². The molecule has 0 aliphatic heterocycles. The van der Waals surface area contributed by atoms with Crippen molar-refractivity contribution >= 4 is 11.8 Å². The number of hydrogen-bond acceptors (Lipinski definition) is 3. The van der Waals surface area contributed by atoms with Crippen LogP contribution in [0.1, 0.15) is 30.4 Å². The molecule has 0 aromatic heterocycles. The van der Waals surface area contributed by atoms with E-state index in [0.29, 0.717) is 32.1 Å². The van der Waals surface area contributed by atoms with Crippen molar-refractivity contribution in [3.63, 3.8) is 0 Å². The quantitative estimate of drug-likeness (QED) is 0.696. The normalized spacial score (nSPS) is 13.2. The number of aliphatic carboxylic acids is 1. The van der Waals surface area contributed by atoms with Gasteiger partial charge < -0.3 is 10.8 Å². The van der Waals surface area contributed by atoms with Crippen molar-refractivity contribution in [2.75, 3.05) is 0 Å². The first-order valence-corrected chi connectivity index (χ1v) is 8.65. The Hall–Kier alpha value is -2.46. The van der Waals surface area contributed by atoms with Crippen LogP contribution in [0.3, 0.4) is 0 Å². The molecular weight excluding hydrogens is 314 g/mol. The van der Waals surface area contributed by atoms with E-state index in [-0.39, 0.29) is 5.78 Å². The molecule has 0 heterocycles. The minimum absolute atomic E-state index is 0.00676. The monoisotopic (exact) mass is 339 g/mol. The third-order valence-electron chi connectivity index (χ3n) is 4.36. The van der Waals surface area contributed by atoms with Crippen LogP contribution in [0.2, 0.25) is 0 Å². The zero-order valence-electron chi connectivity index (χ0n) is 14.3. The highest BCUT2D eigenvalue weighted by molar-refractivity contribution is 5.84. The van der Waals surface area contributed by atoms with Crippen molar-refractivity contribution in [2.45, 2.75) is 38.1 Å². The van der Waals surface area contributed by atoms with Gasteiger partial charge in [-0.2, -0.15) is 0 Å². The molecule has 2 atom stereocenters. The predicted octanol–water partition coefficient (Wildman–Crippen LogP) is 3.24. The van der Waals surface area contributed by atoms with E-state index in [1.54, 1.807) is 0 Å². The highest BCUT2D eigenvalue weighted by atomic mass is 16.4. The average molecular weight is 339 g/mol. The number of ketones is 1. The van der Waals surface area contributed by atoms with E-state index in [2.05, 4.69) is 0 Å². The molecule has 3 N–H and O–H groups in total. The number of rotatable bonds is 10. The van der Waals surface area contributed by atoms with Crippen LogP contribution in [0.25, 0.3) is 0 Å². The summed E-state index contributed by atoms with van der Waals surface area (Å²) in [6.07, 6.45) is 2.36. The van der Waals surface area contributed by atoms with Crippen LogP contribution in [0.5, 0.6) is 0 Å². The molecule has 0 saturated carbocycles. The predicted molar refractivity (Wildman–Crippen MR) is 98.3 cm³/mol. The Balaban J connectivity index is 1.78. The highest BCUT2D eigenvalue weighted by Crippen LogP contribution is 2.16. The highest BCUT2D eigenvalue weighted by Gasteiger charge is 2.19. The zero-order valence-corrected chi connectivity index (χ0v) is 14.3. The number of hydrogen-bond donors (Lipinski definition) is 2. The molecule has 4 heteroatoms. The molecule has 0 amide bonds. The Kier molecular flexibility index (Phi) is 7.36. The topological polar surface area (TPSA) is 80.4 Å². The summed E-state index contributed by atoms with van der Waals surface area (Å²) < 4.78 is 0. The van der Waals surface area contributed by atoms with Gasteiger partial charge in [0.2, 0.25) is 0 Å². The molecular formula is C21H25NO3. The first-order chi connectivity index (χ1) is 12.1. The van der Waals surface area contributed by atoms with E-state index in [1.165, 1.54) is 0 Å². The van der Waals surface area contributed by atoms with Gasteiger partial charge in [0.15, 0.2) is 0 Å². The number of carboxylic acid groups (broad SMARTS) is 1. The molecule has 0 spiro atoms. The number of Topliss-reactive ketones (excluding diaryl/α,β-unsaturated/α-hetero) is 1. The van der Waals surface area contributed by atoms with Crippen LogP contribution in [-0.2, 0) is 22.4 Å². The van der Waals surface area contributed by atoms with Gasteiger partial charge >= 0.3 is 5.97 Å². The molecule has 0 aliphatic rings. The van der Waals surface area contributed by atoms with Gasteiger partial charge in [-0.15, -0.1) is 0 Å². The van der Waals surface area contributed by atoms with E-state index < -0.39 is 17.9 Å². The fraction of sp³-hybridized carbons (Fsp3) is 0.333. The number of carbonyl (C=O) groups is 2. The molecule has 0 unspecified atom stereocenters. The third kappa shape index (κ3) is 6.51. The van der Waals surface area contributed by atoms with Crippen LogP contribution >= 0.6 is 0 Å². The molecule has 132 valence electrons. The molecule has 0 bridgehead atoms. The van der Waals surface area contributed by atoms with Gasteiger partial charge in [-0.1, -0.05) is 60.7 Å². The minimum atomic E-state index is -0.815. The van der Waals surface area contributed by atoms with E-state index in [9.17, 15) is 14.7 Å². The van der Waals surface area contributed by atoms with Crippen LogP contribution in [-0.4, -0.2) is 22.9 Å². The fourth-order valence-corrected chi connectivity index (χ4v) is 2.90. The molecule has 2 aromatic rings. The van der Waals surface area contributed by atoms with Crippen molar-refractivity contribution in [1.82, 2.24) is 0 Å². The lowest BCUT2D eigenvalue weighted by atomic mass is 9.92. The molecule has 0 fully saturated rings. The standard InChI is InChI=1S/C21H25NO3/c22-19(15-17-10-5-2-6-11-17)20(23)13-7-12-18(21(24)25)14-16-8-3-1-4-9-16/h1-6,8-11,18-19H,7,12-15,22H2,(H,24,25)/t18-,19-/m0/s1. The third-order valence-corrected chi connectivity index (χ3v) is 4.36. The summed E-state index contributed by atoms with van der Waals surface area (Å²) >= 11 is 0. The lowest BCUT2D eigenvalue weighted by Crippen LogP contribution is -2.32. The first kappa shape index (κ1) is 18.9. The second-order valence-electron chi connectivity index (χ2n) is 6.38. The van der Waals surface area contributed by atoms with E-state index >= 15 is 0 Å². The molecule has 2 rings (SSSR count). The lowest BCUT2D eigenvalue weighted by Gasteiger charge is -2.14. The summed E-state index contributed by atoms with van der Waals surface area (Å²) in [5.74, 6) is -1.29. The van der Waals surface area contributed by atoms with Gasteiger partial charge in [0.1, 0.15) is 5.78 Å². The fourth-order valence-electron chi connectivity index (χ4n) is 2.90. The average Bonchev–Trinajstić information content (AvgIpc) is 2.62. The summed E-state index contributed by atoms with van der Waals surface area (Å²) in [7, 11) is 0. The number of carbonyl (C=O) groups excluding carboxylic acids is 1. The van der Waals surface area contributed by atoms with Gasteiger partial charge in [-0.3, -0.25) is 9.59 Å². The Morgan fingerprint density at radius 2 is 1.40 bits per heavy atom. The van der Waals surface area contributed by atoms with Gasteiger partial charge in [0, 0.05) is 6.42 Å². The van der Waals surface area contributed by atoms with Crippen molar-refractivity contribution < 1.29 is 14.7 Å². The molecule has 0 radical (unpaired) electrons. The molecule has 0 aliphatic carbocycles.